The van der Waals surface area contributed by atoms with E-state index in [1.54, 1.807) is 12.4 Å². The summed E-state index contributed by atoms with van der Waals surface area (Å²) in [5.41, 5.74) is 4.25. The number of hydrogen-bond acceptors (Lipinski definition) is 3. The Bertz CT molecular complexity index is 554. The summed E-state index contributed by atoms with van der Waals surface area (Å²) in [7, 11) is 0. The fourth-order valence-corrected chi connectivity index (χ4v) is 2.14. The van der Waals surface area contributed by atoms with Gasteiger partial charge in [-0.25, -0.2) is 0 Å². The van der Waals surface area contributed by atoms with Crippen LogP contribution in [-0.4, -0.2) is 9.97 Å². The number of nitrogens with one attached hydrogen (secondary N) is 1. The van der Waals surface area contributed by atoms with Crippen molar-refractivity contribution in [3.8, 4) is 0 Å². The molecule has 4 heteroatoms. The predicted octanol–water partition coefficient (Wildman–Crippen LogP) is 4.03. The van der Waals surface area contributed by atoms with Crippen LogP contribution in [0.1, 0.15) is 29.9 Å². The molecule has 0 radical (unpaired) electrons. The third-order valence-corrected chi connectivity index (χ3v) is 3.76. The Kier molecular flexibility index (Phi) is 3.97. The molecule has 3 nitrogen and oxygen atoms in total. The third kappa shape index (κ3) is 2.88. The predicted molar refractivity (Wildman–Crippen MR) is 77.7 cm³/mol. The van der Waals surface area contributed by atoms with E-state index in [-0.39, 0.29) is 6.04 Å². The fourth-order valence-electron chi connectivity index (χ4n) is 1.90. The van der Waals surface area contributed by atoms with Gasteiger partial charge in [0.15, 0.2) is 0 Å². The highest BCUT2D eigenvalue weighted by atomic mass is 79.9. The first-order chi connectivity index (χ1) is 8.58. The SMILES string of the molecule is Cc1cc(NC(C)c2nccnc2C)ccc1Br. The van der Waals surface area contributed by atoms with Gasteiger partial charge in [0.2, 0.25) is 0 Å². The maximum Gasteiger partial charge on any atom is 0.0835 e. The molecule has 1 unspecified atom stereocenters. The van der Waals surface area contributed by atoms with Gasteiger partial charge in [-0.1, -0.05) is 15.9 Å². The lowest BCUT2D eigenvalue weighted by Gasteiger charge is -2.16. The molecule has 1 aromatic carbocycles. The molecule has 0 aliphatic heterocycles. The lowest BCUT2D eigenvalue weighted by Crippen LogP contribution is -2.11. The Morgan fingerprint density at radius 1 is 1.17 bits per heavy atom. The number of halogens is 1. The molecule has 0 bridgehead atoms. The molecule has 0 saturated heterocycles. The second-order valence-corrected chi connectivity index (χ2v) is 5.21. The summed E-state index contributed by atoms with van der Waals surface area (Å²) in [5.74, 6) is 0. The van der Waals surface area contributed by atoms with E-state index in [1.165, 1.54) is 5.56 Å². The van der Waals surface area contributed by atoms with Crippen molar-refractivity contribution in [1.82, 2.24) is 9.97 Å². The number of rotatable bonds is 3. The maximum atomic E-state index is 4.38. The van der Waals surface area contributed by atoms with Gasteiger partial charge in [-0.3, -0.25) is 9.97 Å². The van der Waals surface area contributed by atoms with E-state index in [2.05, 4.69) is 57.2 Å². The van der Waals surface area contributed by atoms with Gasteiger partial charge >= 0.3 is 0 Å². The van der Waals surface area contributed by atoms with Gasteiger partial charge < -0.3 is 5.32 Å². The van der Waals surface area contributed by atoms with E-state index in [4.69, 9.17) is 0 Å². The van der Waals surface area contributed by atoms with Crippen molar-refractivity contribution in [3.63, 3.8) is 0 Å². The van der Waals surface area contributed by atoms with Crippen molar-refractivity contribution in [2.45, 2.75) is 26.8 Å². The summed E-state index contributed by atoms with van der Waals surface area (Å²) in [6, 6.07) is 6.36. The lowest BCUT2D eigenvalue weighted by atomic mass is 10.1. The van der Waals surface area contributed by atoms with Gasteiger partial charge in [-0.2, -0.15) is 0 Å². The number of anilines is 1. The van der Waals surface area contributed by atoms with Gasteiger partial charge in [0.25, 0.3) is 0 Å². The number of benzene rings is 1. The van der Waals surface area contributed by atoms with Crippen molar-refractivity contribution < 1.29 is 0 Å². The molecule has 2 aromatic rings. The van der Waals surface area contributed by atoms with Gasteiger partial charge in [-0.15, -0.1) is 0 Å². The summed E-state index contributed by atoms with van der Waals surface area (Å²) in [5, 5.41) is 3.44. The first kappa shape index (κ1) is 13.0. The summed E-state index contributed by atoms with van der Waals surface area (Å²) in [4.78, 5) is 8.64. The zero-order chi connectivity index (χ0) is 13.1. The van der Waals surface area contributed by atoms with Crippen LogP contribution < -0.4 is 5.32 Å². The molecule has 0 amide bonds. The quantitative estimate of drug-likeness (QED) is 0.930. The Labute approximate surface area is 116 Å². The topological polar surface area (TPSA) is 37.8 Å². The Hall–Kier alpha value is -1.42. The number of nitrogens with zero attached hydrogens (tertiary/aromatic N) is 2. The smallest absolute Gasteiger partial charge is 0.0835 e. The molecule has 18 heavy (non-hydrogen) atoms. The highest BCUT2D eigenvalue weighted by molar-refractivity contribution is 9.10. The van der Waals surface area contributed by atoms with Gasteiger partial charge in [0, 0.05) is 22.6 Å². The van der Waals surface area contributed by atoms with E-state index in [0.717, 1.165) is 21.5 Å². The molecular formula is C14H16BrN3. The Balaban J connectivity index is 2.19. The molecule has 0 aliphatic carbocycles. The zero-order valence-corrected chi connectivity index (χ0v) is 12.3. The van der Waals surface area contributed by atoms with E-state index >= 15 is 0 Å². The molecule has 1 heterocycles. The monoisotopic (exact) mass is 305 g/mol. The van der Waals surface area contributed by atoms with Crippen LogP contribution in [0.3, 0.4) is 0 Å². The van der Waals surface area contributed by atoms with Crippen LogP contribution in [0.25, 0.3) is 0 Å². The highest BCUT2D eigenvalue weighted by Gasteiger charge is 2.10. The molecule has 2 rings (SSSR count). The van der Waals surface area contributed by atoms with Crippen LogP contribution in [0.5, 0.6) is 0 Å². The standard InChI is InChI=1S/C14H16BrN3/c1-9-8-12(4-5-13(9)15)18-11(3)14-10(2)16-6-7-17-14/h4-8,11,18H,1-3H3. The van der Waals surface area contributed by atoms with Gasteiger partial charge in [0.1, 0.15) is 0 Å². The maximum absolute atomic E-state index is 4.38. The molecule has 0 aliphatic rings. The molecule has 0 spiro atoms. The third-order valence-electron chi connectivity index (χ3n) is 2.87. The van der Waals surface area contributed by atoms with Crippen LogP contribution >= 0.6 is 15.9 Å². The second-order valence-electron chi connectivity index (χ2n) is 4.36. The van der Waals surface area contributed by atoms with Crippen LogP contribution in [0.4, 0.5) is 5.69 Å². The molecular weight excluding hydrogens is 290 g/mol. The summed E-state index contributed by atoms with van der Waals surface area (Å²) in [6.07, 6.45) is 3.45. The molecule has 1 N–H and O–H groups in total. The first-order valence-corrected chi connectivity index (χ1v) is 6.67. The van der Waals surface area contributed by atoms with E-state index in [0.29, 0.717) is 0 Å². The largest absolute Gasteiger partial charge is 0.377 e. The van der Waals surface area contributed by atoms with Crippen LogP contribution in [0.15, 0.2) is 35.1 Å². The molecule has 0 fully saturated rings. The van der Waals surface area contributed by atoms with Crippen molar-refractivity contribution in [2.75, 3.05) is 5.32 Å². The molecule has 1 aromatic heterocycles. The second kappa shape index (κ2) is 5.48. The average Bonchev–Trinajstić information content (AvgIpc) is 2.34. The van der Waals surface area contributed by atoms with Crippen LogP contribution in [0.2, 0.25) is 0 Å². The molecule has 0 saturated carbocycles. The van der Waals surface area contributed by atoms with Crippen LogP contribution in [-0.2, 0) is 0 Å². The normalized spacial score (nSPS) is 12.2. The Morgan fingerprint density at radius 2 is 1.89 bits per heavy atom. The zero-order valence-electron chi connectivity index (χ0n) is 10.7. The number of aromatic nitrogens is 2. The van der Waals surface area contributed by atoms with Crippen LogP contribution in [0, 0.1) is 13.8 Å². The Morgan fingerprint density at radius 3 is 2.56 bits per heavy atom. The van der Waals surface area contributed by atoms with E-state index in [9.17, 15) is 0 Å². The van der Waals surface area contributed by atoms with Crippen molar-refractivity contribution in [2.24, 2.45) is 0 Å². The minimum absolute atomic E-state index is 0.138. The average molecular weight is 306 g/mol. The minimum atomic E-state index is 0.138. The van der Waals surface area contributed by atoms with Gasteiger partial charge in [-0.05, 0) is 44.5 Å². The van der Waals surface area contributed by atoms with E-state index < -0.39 is 0 Å². The van der Waals surface area contributed by atoms with Gasteiger partial charge in [0.05, 0.1) is 17.4 Å². The highest BCUT2D eigenvalue weighted by Crippen LogP contribution is 2.23. The van der Waals surface area contributed by atoms with E-state index in [1.807, 2.05) is 13.0 Å². The lowest BCUT2D eigenvalue weighted by molar-refractivity contribution is 0.810. The summed E-state index contributed by atoms with van der Waals surface area (Å²) < 4.78 is 1.12. The summed E-state index contributed by atoms with van der Waals surface area (Å²) in [6.45, 7) is 6.15. The number of hydrogen-bond donors (Lipinski definition) is 1. The molecule has 94 valence electrons. The van der Waals surface area contributed by atoms with Crippen molar-refractivity contribution >= 4 is 21.6 Å². The van der Waals surface area contributed by atoms with Crippen molar-refractivity contribution in [1.29, 1.82) is 0 Å². The molecule has 1 atom stereocenters. The van der Waals surface area contributed by atoms with Crippen molar-refractivity contribution in [3.05, 3.63) is 52.0 Å². The first-order valence-electron chi connectivity index (χ1n) is 5.88. The summed E-state index contributed by atoms with van der Waals surface area (Å²) >= 11 is 3.50. The fraction of sp³-hybridized carbons (Fsp3) is 0.286. The number of aryl methyl sites for hydroxylation is 2. The minimum Gasteiger partial charge on any atom is -0.377 e.